The Hall–Kier alpha value is -3.24. The smallest absolute Gasteiger partial charge is 0.250 e. The van der Waals surface area contributed by atoms with Gasteiger partial charge < -0.3 is 10.1 Å². The fourth-order valence-corrected chi connectivity index (χ4v) is 6.62. The molecular weight excluding hydrogens is 562 g/mol. The third-order valence-corrected chi connectivity index (χ3v) is 8.34. The predicted octanol–water partition coefficient (Wildman–Crippen LogP) is 6.49. The lowest BCUT2D eigenvalue weighted by molar-refractivity contribution is -0.117. The van der Waals surface area contributed by atoms with E-state index in [-0.39, 0.29) is 27.6 Å². The molecule has 0 aliphatic heterocycles. The molecule has 10 heteroatoms. The van der Waals surface area contributed by atoms with Crippen LogP contribution >= 0.6 is 0 Å². The highest BCUT2D eigenvalue weighted by molar-refractivity contribution is 7.91. The van der Waals surface area contributed by atoms with Gasteiger partial charge in [0.1, 0.15) is 5.75 Å². The minimum absolute atomic E-state index is 0.0133. The Kier molecular flexibility index (Phi) is 12.9. The molecule has 0 atom stereocenters. The van der Waals surface area contributed by atoms with Gasteiger partial charge in [-0.1, -0.05) is 91.3 Å². The number of sulfone groups is 1. The van der Waals surface area contributed by atoms with E-state index in [9.17, 15) is 13.2 Å². The number of likely N-dealkylation sites (N-methyl/N-ethyl adjacent to an activating group) is 1. The normalized spacial score (nSPS) is 12.1. The fourth-order valence-electron chi connectivity index (χ4n) is 4.67. The van der Waals surface area contributed by atoms with Gasteiger partial charge in [-0.2, -0.15) is 0 Å². The Balaban J connectivity index is 0.000000304. The molecule has 1 heterocycles. The van der Waals surface area contributed by atoms with Crippen molar-refractivity contribution in [2.45, 2.75) is 80.4 Å². The van der Waals surface area contributed by atoms with E-state index in [0.717, 1.165) is 30.6 Å². The first kappa shape index (κ1) is 36.0. The van der Waals surface area contributed by atoms with Crippen molar-refractivity contribution in [2.24, 2.45) is 10.8 Å². The second-order valence-corrected chi connectivity index (χ2v) is 15.1. The lowest BCUT2D eigenvalue weighted by Gasteiger charge is -2.28. The highest BCUT2D eigenvalue weighted by Gasteiger charge is 2.30. The van der Waals surface area contributed by atoms with Crippen LogP contribution in [0.4, 0.5) is 5.69 Å². The quantitative estimate of drug-likeness (QED) is 0.264. The number of aromatic nitrogens is 3. The topological polar surface area (TPSA) is 106 Å². The van der Waals surface area contributed by atoms with Gasteiger partial charge in [0.25, 0.3) is 0 Å². The second kappa shape index (κ2) is 15.5. The number of methoxy groups -OCH3 is 1. The summed E-state index contributed by atoms with van der Waals surface area (Å²) in [6, 6.07) is 15.3. The largest absolute Gasteiger partial charge is 0.495 e. The number of hydrogen-bond donors (Lipinski definition) is 1. The number of hydrogen-bond acceptors (Lipinski definition) is 7. The number of rotatable bonds is 11. The first-order valence-corrected chi connectivity index (χ1v) is 16.5. The first-order chi connectivity index (χ1) is 20.0. The van der Waals surface area contributed by atoms with Gasteiger partial charge in [0.05, 0.1) is 25.1 Å². The molecular formula is C33H51N5O4S. The SMILES string of the molecule is CCCn1c(-c2cccc(C)c2)nnc1S(=O)(=O)CC(C)(C)C.CCN(CC(=O)Nc1ccccc1OC)CC(C)(C)C. The van der Waals surface area contributed by atoms with E-state index in [1.807, 2.05) is 83.1 Å². The number of para-hydroxylation sites is 2. The molecule has 1 N–H and O–H groups in total. The van der Waals surface area contributed by atoms with Gasteiger partial charge >= 0.3 is 0 Å². The number of nitrogens with zero attached hydrogens (tertiary/aromatic N) is 4. The van der Waals surface area contributed by atoms with Crippen LogP contribution in [0.1, 0.15) is 67.4 Å². The number of benzene rings is 2. The molecule has 1 aromatic heterocycles. The monoisotopic (exact) mass is 613 g/mol. The van der Waals surface area contributed by atoms with Crippen LogP contribution < -0.4 is 10.1 Å². The fraction of sp³-hybridized carbons (Fsp3) is 0.545. The summed E-state index contributed by atoms with van der Waals surface area (Å²) >= 11 is 0. The van der Waals surface area contributed by atoms with Crippen molar-refractivity contribution >= 4 is 21.4 Å². The number of aryl methyl sites for hydroxylation is 1. The van der Waals surface area contributed by atoms with E-state index in [1.54, 1.807) is 11.7 Å². The number of ether oxygens (including phenoxy) is 1. The van der Waals surface area contributed by atoms with E-state index in [1.165, 1.54) is 0 Å². The molecule has 43 heavy (non-hydrogen) atoms. The highest BCUT2D eigenvalue weighted by atomic mass is 32.2. The van der Waals surface area contributed by atoms with Gasteiger partial charge in [0.15, 0.2) is 5.82 Å². The third-order valence-electron chi connectivity index (χ3n) is 6.23. The van der Waals surface area contributed by atoms with Crippen LogP contribution in [0, 0.1) is 17.8 Å². The zero-order valence-corrected chi connectivity index (χ0v) is 28.5. The lowest BCUT2D eigenvalue weighted by atomic mass is 9.96. The average molecular weight is 614 g/mol. The van der Waals surface area contributed by atoms with E-state index in [4.69, 9.17) is 4.74 Å². The Morgan fingerprint density at radius 2 is 1.65 bits per heavy atom. The van der Waals surface area contributed by atoms with Crippen LogP contribution in [0.2, 0.25) is 0 Å². The number of amides is 1. The molecule has 0 aliphatic carbocycles. The molecule has 1 amide bonds. The zero-order valence-electron chi connectivity index (χ0n) is 27.7. The summed E-state index contributed by atoms with van der Waals surface area (Å²) in [6.45, 7) is 21.1. The Morgan fingerprint density at radius 3 is 2.21 bits per heavy atom. The van der Waals surface area contributed by atoms with Gasteiger partial charge in [0, 0.05) is 18.7 Å². The summed E-state index contributed by atoms with van der Waals surface area (Å²) < 4.78 is 32.4. The molecule has 3 rings (SSSR count). The predicted molar refractivity (Wildman–Crippen MR) is 175 cm³/mol. The highest BCUT2D eigenvalue weighted by Crippen LogP contribution is 2.26. The summed E-state index contributed by atoms with van der Waals surface area (Å²) in [5.41, 5.74) is 2.56. The van der Waals surface area contributed by atoms with E-state index in [2.05, 4.69) is 48.1 Å². The molecule has 0 fully saturated rings. The molecule has 238 valence electrons. The van der Waals surface area contributed by atoms with E-state index in [0.29, 0.717) is 30.4 Å². The van der Waals surface area contributed by atoms with Crippen LogP contribution in [0.5, 0.6) is 5.75 Å². The summed E-state index contributed by atoms with van der Waals surface area (Å²) in [7, 11) is -1.88. The lowest BCUT2D eigenvalue weighted by Crippen LogP contribution is -2.38. The van der Waals surface area contributed by atoms with Crippen molar-refractivity contribution in [3.63, 3.8) is 0 Å². The molecule has 3 aromatic rings. The van der Waals surface area contributed by atoms with E-state index >= 15 is 0 Å². The Bertz CT molecular complexity index is 1440. The van der Waals surface area contributed by atoms with Crippen LogP contribution in [-0.4, -0.2) is 66.5 Å². The standard InChI is InChI=1S/C17H25N3O2S.C16H26N2O2/c1-6-10-20-15(14-9-7-8-13(2)11-14)18-19-16(20)23(21,22)12-17(3,4)5;1-6-18(12-16(2,3)4)11-15(19)17-13-9-7-8-10-14(13)20-5/h7-9,11H,6,10,12H2,1-5H3;7-10H,6,11-12H2,1-5H3,(H,17,19). The van der Waals surface area contributed by atoms with Gasteiger partial charge in [-0.15, -0.1) is 10.2 Å². The van der Waals surface area contributed by atoms with Crippen LogP contribution in [0.15, 0.2) is 53.7 Å². The molecule has 0 saturated heterocycles. The number of carbonyl (C=O) groups excluding carboxylic acids is 1. The van der Waals surface area contributed by atoms with Crippen molar-refractivity contribution < 1.29 is 17.9 Å². The Labute approximate surface area is 259 Å². The maximum absolute atomic E-state index is 12.7. The second-order valence-electron chi connectivity index (χ2n) is 13.3. The molecule has 0 spiro atoms. The number of anilines is 1. The zero-order chi connectivity index (χ0) is 32.4. The minimum Gasteiger partial charge on any atom is -0.495 e. The minimum atomic E-state index is -3.48. The van der Waals surface area contributed by atoms with Crippen molar-refractivity contribution in [3.05, 3.63) is 54.1 Å². The molecule has 2 aromatic carbocycles. The van der Waals surface area contributed by atoms with Crippen molar-refractivity contribution in [1.29, 1.82) is 0 Å². The maximum atomic E-state index is 12.7. The van der Waals surface area contributed by atoms with Crippen molar-refractivity contribution in [3.8, 4) is 17.1 Å². The van der Waals surface area contributed by atoms with Crippen molar-refractivity contribution in [2.75, 3.05) is 37.8 Å². The van der Waals surface area contributed by atoms with E-state index < -0.39 is 9.84 Å². The average Bonchev–Trinajstić information content (AvgIpc) is 3.32. The summed E-state index contributed by atoms with van der Waals surface area (Å²) in [6.07, 6.45) is 0.814. The number of carbonyl (C=O) groups is 1. The Morgan fingerprint density at radius 1 is 0.977 bits per heavy atom. The van der Waals surface area contributed by atoms with Crippen LogP contribution in [0.3, 0.4) is 0 Å². The summed E-state index contributed by atoms with van der Waals surface area (Å²) in [4.78, 5) is 14.3. The maximum Gasteiger partial charge on any atom is 0.250 e. The summed E-state index contributed by atoms with van der Waals surface area (Å²) in [5, 5.41) is 11.2. The third kappa shape index (κ3) is 11.8. The van der Waals surface area contributed by atoms with Gasteiger partial charge in [-0.3, -0.25) is 14.3 Å². The van der Waals surface area contributed by atoms with Crippen molar-refractivity contribution in [1.82, 2.24) is 19.7 Å². The number of nitrogens with one attached hydrogen (secondary N) is 1. The molecule has 0 saturated carbocycles. The van der Waals surface area contributed by atoms with Gasteiger partial charge in [-0.05, 0) is 48.9 Å². The van der Waals surface area contributed by atoms with Crippen LogP contribution in [0.25, 0.3) is 11.4 Å². The molecule has 0 bridgehead atoms. The van der Waals surface area contributed by atoms with Crippen LogP contribution in [-0.2, 0) is 21.2 Å². The first-order valence-electron chi connectivity index (χ1n) is 14.9. The molecule has 9 nitrogen and oxygen atoms in total. The molecule has 0 radical (unpaired) electrons. The summed E-state index contributed by atoms with van der Waals surface area (Å²) in [5.74, 6) is 1.33. The van der Waals surface area contributed by atoms with Gasteiger partial charge in [0.2, 0.25) is 20.9 Å². The molecule has 0 aliphatic rings. The van der Waals surface area contributed by atoms with Gasteiger partial charge in [-0.25, -0.2) is 8.42 Å². The molecule has 0 unspecified atom stereocenters.